The Balaban J connectivity index is 2.27. The molecule has 8 heteroatoms. The molecule has 0 aromatic carbocycles. The molecule has 1 aliphatic rings. The van der Waals surface area contributed by atoms with Crippen molar-refractivity contribution in [3.8, 4) is 0 Å². The predicted molar refractivity (Wildman–Crippen MR) is 67.3 cm³/mol. The van der Waals surface area contributed by atoms with E-state index < -0.39 is 22.3 Å². The van der Waals surface area contributed by atoms with Crippen LogP contribution in [0.25, 0.3) is 0 Å². The Bertz CT molecular complexity index is 595. The lowest BCUT2D eigenvalue weighted by Gasteiger charge is -2.38. The molecule has 20 heavy (non-hydrogen) atoms. The van der Waals surface area contributed by atoms with Gasteiger partial charge in [0.1, 0.15) is 11.7 Å². The normalized spacial score (nSPS) is 16.1. The SMILES string of the molecule is Cc1ncc([N+](=O)[O-])cc1C(=O)NC1(C(=O)O)CCC1. The van der Waals surface area contributed by atoms with Crippen LogP contribution in [0.2, 0.25) is 0 Å². The maximum absolute atomic E-state index is 12.1. The van der Waals surface area contributed by atoms with Crippen LogP contribution in [0.5, 0.6) is 0 Å². The molecule has 1 aliphatic carbocycles. The summed E-state index contributed by atoms with van der Waals surface area (Å²) in [4.78, 5) is 37.1. The molecule has 1 fully saturated rings. The molecule has 1 saturated carbocycles. The van der Waals surface area contributed by atoms with Crippen LogP contribution in [0.1, 0.15) is 35.3 Å². The van der Waals surface area contributed by atoms with Crippen LogP contribution in [0, 0.1) is 17.0 Å². The average molecular weight is 279 g/mol. The smallest absolute Gasteiger partial charge is 0.329 e. The van der Waals surface area contributed by atoms with E-state index in [1.54, 1.807) is 0 Å². The topological polar surface area (TPSA) is 122 Å². The molecule has 0 atom stereocenters. The third-order valence-corrected chi connectivity index (χ3v) is 3.50. The number of nitrogens with one attached hydrogen (secondary N) is 1. The molecule has 0 saturated heterocycles. The number of carboxylic acids is 1. The summed E-state index contributed by atoms with van der Waals surface area (Å²) in [5.41, 5.74) is -1.23. The number of amides is 1. The van der Waals surface area contributed by atoms with Gasteiger partial charge in [0.05, 0.1) is 16.2 Å². The van der Waals surface area contributed by atoms with Crippen molar-refractivity contribution < 1.29 is 19.6 Å². The van der Waals surface area contributed by atoms with Crippen molar-refractivity contribution in [1.29, 1.82) is 0 Å². The Labute approximate surface area is 114 Å². The second-order valence-corrected chi connectivity index (χ2v) is 4.78. The van der Waals surface area contributed by atoms with Crippen molar-refractivity contribution in [3.63, 3.8) is 0 Å². The quantitative estimate of drug-likeness (QED) is 0.627. The van der Waals surface area contributed by atoms with Gasteiger partial charge in [-0.25, -0.2) is 4.79 Å². The van der Waals surface area contributed by atoms with E-state index in [4.69, 9.17) is 5.11 Å². The van der Waals surface area contributed by atoms with Gasteiger partial charge in [0.15, 0.2) is 0 Å². The minimum Gasteiger partial charge on any atom is -0.480 e. The molecule has 0 bridgehead atoms. The third kappa shape index (κ3) is 2.31. The highest BCUT2D eigenvalue weighted by molar-refractivity contribution is 5.99. The van der Waals surface area contributed by atoms with E-state index in [1.807, 2.05) is 0 Å². The first-order chi connectivity index (χ1) is 9.35. The first-order valence-corrected chi connectivity index (χ1v) is 6.03. The monoisotopic (exact) mass is 279 g/mol. The van der Waals surface area contributed by atoms with E-state index in [0.717, 1.165) is 18.7 Å². The molecule has 1 amide bonds. The summed E-state index contributed by atoms with van der Waals surface area (Å²) in [6.45, 7) is 1.53. The number of rotatable bonds is 4. The first kappa shape index (κ1) is 13.9. The Kier molecular flexibility index (Phi) is 3.39. The maximum atomic E-state index is 12.1. The average Bonchev–Trinajstić information content (AvgIpc) is 2.33. The summed E-state index contributed by atoms with van der Waals surface area (Å²) in [7, 11) is 0. The molecule has 1 heterocycles. The van der Waals surface area contributed by atoms with Gasteiger partial charge in [-0.15, -0.1) is 0 Å². The molecule has 0 unspecified atom stereocenters. The van der Waals surface area contributed by atoms with Gasteiger partial charge >= 0.3 is 5.97 Å². The van der Waals surface area contributed by atoms with E-state index in [1.165, 1.54) is 6.92 Å². The third-order valence-electron chi connectivity index (χ3n) is 3.50. The van der Waals surface area contributed by atoms with Gasteiger partial charge in [-0.2, -0.15) is 0 Å². The molecular weight excluding hydrogens is 266 g/mol. The van der Waals surface area contributed by atoms with Gasteiger partial charge in [-0.05, 0) is 26.2 Å². The minimum atomic E-state index is -1.26. The Morgan fingerprint density at radius 2 is 2.15 bits per heavy atom. The number of hydrogen-bond acceptors (Lipinski definition) is 5. The van der Waals surface area contributed by atoms with Crippen molar-refractivity contribution in [2.75, 3.05) is 0 Å². The van der Waals surface area contributed by atoms with Crippen molar-refractivity contribution in [2.24, 2.45) is 0 Å². The van der Waals surface area contributed by atoms with E-state index in [2.05, 4.69) is 10.3 Å². The van der Waals surface area contributed by atoms with Crippen molar-refractivity contribution >= 4 is 17.6 Å². The lowest BCUT2D eigenvalue weighted by Crippen LogP contribution is -2.59. The number of carbonyl (C=O) groups is 2. The zero-order valence-electron chi connectivity index (χ0n) is 10.8. The van der Waals surface area contributed by atoms with Gasteiger partial charge in [0.2, 0.25) is 0 Å². The zero-order chi connectivity index (χ0) is 14.9. The van der Waals surface area contributed by atoms with Gasteiger partial charge in [-0.1, -0.05) is 0 Å². The van der Waals surface area contributed by atoms with Gasteiger partial charge in [0, 0.05) is 6.07 Å². The molecule has 2 N–H and O–H groups in total. The molecular formula is C12H13N3O5. The summed E-state index contributed by atoms with van der Waals surface area (Å²) >= 11 is 0. The molecule has 0 aliphatic heterocycles. The van der Waals surface area contributed by atoms with Gasteiger partial charge < -0.3 is 10.4 Å². The fourth-order valence-electron chi connectivity index (χ4n) is 2.06. The Hall–Kier alpha value is -2.51. The number of aryl methyl sites for hydroxylation is 1. The van der Waals surface area contributed by atoms with Crippen LogP contribution in [-0.4, -0.2) is 32.4 Å². The Morgan fingerprint density at radius 1 is 1.50 bits per heavy atom. The zero-order valence-corrected chi connectivity index (χ0v) is 10.8. The molecule has 0 spiro atoms. The molecule has 8 nitrogen and oxygen atoms in total. The summed E-state index contributed by atoms with van der Waals surface area (Å²) in [5, 5.41) is 22.3. The lowest BCUT2D eigenvalue weighted by atomic mass is 9.76. The first-order valence-electron chi connectivity index (χ1n) is 6.03. The summed E-state index contributed by atoms with van der Waals surface area (Å²) in [6.07, 6.45) is 2.49. The highest BCUT2D eigenvalue weighted by Gasteiger charge is 2.46. The number of aromatic nitrogens is 1. The van der Waals surface area contributed by atoms with Crippen LogP contribution in [0.3, 0.4) is 0 Å². The lowest BCUT2D eigenvalue weighted by molar-refractivity contribution is -0.385. The molecule has 2 rings (SSSR count). The van der Waals surface area contributed by atoms with Crippen molar-refractivity contribution in [3.05, 3.63) is 33.6 Å². The predicted octanol–water partition coefficient (Wildman–Crippen LogP) is 1.04. The van der Waals surface area contributed by atoms with Crippen LogP contribution >= 0.6 is 0 Å². The van der Waals surface area contributed by atoms with E-state index in [-0.39, 0.29) is 11.3 Å². The summed E-state index contributed by atoms with van der Waals surface area (Å²) in [6, 6.07) is 1.10. The molecule has 0 radical (unpaired) electrons. The number of nitro groups is 1. The number of pyridine rings is 1. The van der Waals surface area contributed by atoms with E-state index in [9.17, 15) is 19.7 Å². The second-order valence-electron chi connectivity index (χ2n) is 4.78. The summed E-state index contributed by atoms with van der Waals surface area (Å²) < 4.78 is 0. The standard InChI is InChI=1S/C12H13N3O5/c1-7-9(5-8(6-13-7)15(19)20)10(16)14-12(11(17)18)3-2-4-12/h5-6H,2-4H2,1H3,(H,14,16)(H,17,18). The van der Waals surface area contributed by atoms with Gasteiger partial charge in [0.25, 0.3) is 11.6 Å². The van der Waals surface area contributed by atoms with Crippen LogP contribution < -0.4 is 5.32 Å². The molecule has 106 valence electrons. The number of hydrogen-bond donors (Lipinski definition) is 2. The minimum absolute atomic E-state index is 0.0201. The van der Waals surface area contributed by atoms with Crippen molar-refractivity contribution in [2.45, 2.75) is 31.7 Å². The fraction of sp³-hybridized carbons (Fsp3) is 0.417. The Morgan fingerprint density at radius 3 is 2.60 bits per heavy atom. The number of carbonyl (C=O) groups excluding carboxylic acids is 1. The van der Waals surface area contributed by atoms with Gasteiger partial charge in [-0.3, -0.25) is 19.9 Å². The van der Waals surface area contributed by atoms with Crippen LogP contribution in [-0.2, 0) is 4.79 Å². The largest absolute Gasteiger partial charge is 0.480 e. The molecule has 1 aromatic rings. The maximum Gasteiger partial charge on any atom is 0.329 e. The van der Waals surface area contributed by atoms with E-state index >= 15 is 0 Å². The highest BCUT2D eigenvalue weighted by atomic mass is 16.6. The molecule has 1 aromatic heterocycles. The second kappa shape index (κ2) is 4.87. The number of carboxylic acid groups (broad SMARTS) is 1. The summed E-state index contributed by atoms with van der Waals surface area (Å²) in [5.74, 6) is -1.74. The van der Waals surface area contributed by atoms with E-state index in [0.29, 0.717) is 18.5 Å². The van der Waals surface area contributed by atoms with Crippen molar-refractivity contribution in [1.82, 2.24) is 10.3 Å². The van der Waals surface area contributed by atoms with Crippen LogP contribution in [0.4, 0.5) is 5.69 Å². The highest BCUT2D eigenvalue weighted by Crippen LogP contribution is 2.32. The number of aliphatic carboxylic acids is 1. The number of nitrogens with zero attached hydrogens (tertiary/aromatic N) is 2. The fourth-order valence-corrected chi connectivity index (χ4v) is 2.06. The van der Waals surface area contributed by atoms with Crippen LogP contribution in [0.15, 0.2) is 12.3 Å².